The number of rotatable bonds is 3. The lowest BCUT2D eigenvalue weighted by Crippen LogP contribution is -2.00. The van der Waals surface area contributed by atoms with Gasteiger partial charge in [-0.25, -0.2) is 0 Å². The second kappa shape index (κ2) is 5.62. The highest BCUT2D eigenvalue weighted by atomic mass is 15.2. The first-order valence-electron chi connectivity index (χ1n) is 8.24. The largest absolute Gasteiger partial charge is 0.180 e. The average molecular weight is 300 g/mol. The highest BCUT2D eigenvalue weighted by Crippen LogP contribution is 2.42. The van der Waals surface area contributed by atoms with Gasteiger partial charge in [0.2, 0.25) is 0 Å². The number of benzene rings is 2. The number of hydrogen-bond donors (Lipinski definition) is 0. The predicted molar refractivity (Wildman–Crippen MR) is 95.6 cm³/mol. The van der Waals surface area contributed by atoms with Crippen molar-refractivity contribution in [1.82, 2.24) is 0 Å². The summed E-state index contributed by atoms with van der Waals surface area (Å²) in [5.41, 5.74) is 7.50. The van der Waals surface area contributed by atoms with E-state index in [1.165, 1.54) is 27.8 Å². The molecule has 2 aromatic carbocycles. The van der Waals surface area contributed by atoms with Crippen LogP contribution in [-0.4, -0.2) is 0 Å². The topological polar surface area (TPSA) is 24.7 Å². The molecule has 2 aliphatic rings. The van der Waals surface area contributed by atoms with Gasteiger partial charge < -0.3 is 0 Å². The highest BCUT2D eigenvalue weighted by molar-refractivity contribution is 5.89. The first kappa shape index (κ1) is 14.1. The molecule has 114 valence electrons. The fraction of sp³-hybridized carbons (Fsp3) is 0.238. The Labute approximate surface area is 137 Å². The minimum atomic E-state index is 0.217. The molecule has 1 aliphatic heterocycles. The molecular weight excluding hydrogens is 280 g/mol. The molecule has 2 heteroatoms. The molecule has 4 rings (SSSR count). The Hall–Kier alpha value is -2.48. The fourth-order valence-electron chi connectivity index (χ4n) is 3.32. The van der Waals surface area contributed by atoms with Gasteiger partial charge in [-0.15, -0.1) is 0 Å². The minimum Gasteiger partial charge on any atom is -0.180 e. The summed E-state index contributed by atoms with van der Waals surface area (Å²) in [6, 6.07) is 17.4. The average Bonchev–Trinajstić information content (AvgIpc) is 3.22. The normalized spacial score (nSPS) is 19.0. The first-order chi connectivity index (χ1) is 11.2. The molecule has 0 saturated carbocycles. The molecule has 1 atom stereocenters. The van der Waals surface area contributed by atoms with Gasteiger partial charge in [0.25, 0.3) is 0 Å². The van der Waals surface area contributed by atoms with Crippen molar-refractivity contribution < 1.29 is 0 Å². The SMILES string of the molecule is CC(C)C1N=Nc2cc(C3=CC(c4ccccc4)=CC3)ccc21. The standard InChI is InChI=1S/C21H20N2/c1-14(2)21-19-11-10-18(13-20(19)22-23-21)17-9-8-16(12-17)15-6-4-3-5-7-15/h3-8,10-14,21H,9H2,1-2H3. The van der Waals surface area contributed by atoms with E-state index in [0.29, 0.717) is 5.92 Å². The van der Waals surface area contributed by atoms with Crippen LogP contribution in [0.5, 0.6) is 0 Å². The van der Waals surface area contributed by atoms with Gasteiger partial charge in [-0.1, -0.05) is 68.5 Å². The first-order valence-corrected chi connectivity index (χ1v) is 8.24. The number of fused-ring (bicyclic) bond motifs is 1. The van der Waals surface area contributed by atoms with Crippen LogP contribution in [0.3, 0.4) is 0 Å². The van der Waals surface area contributed by atoms with Crippen LogP contribution in [0.25, 0.3) is 11.1 Å². The van der Waals surface area contributed by atoms with E-state index in [9.17, 15) is 0 Å². The molecule has 1 aliphatic carbocycles. The molecule has 2 aromatic rings. The van der Waals surface area contributed by atoms with Gasteiger partial charge in [0, 0.05) is 5.56 Å². The van der Waals surface area contributed by atoms with Crippen molar-refractivity contribution in [3.63, 3.8) is 0 Å². The molecule has 0 bridgehead atoms. The Morgan fingerprint density at radius 2 is 1.83 bits per heavy atom. The van der Waals surface area contributed by atoms with E-state index < -0.39 is 0 Å². The van der Waals surface area contributed by atoms with E-state index in [2.05, 4.69) is 84.8 Å². The van der Waals surface area contributed by atoms with Crippen LogP contribution in [0.15, 0.2) is 70.9 Å². The molecule has 2 nitrogen and oxygen atoms in total. The van der Waals surface area contributed by atoms with Gasteiger partial charge >= 0.3 is 0 Å². The van der Waals surface area contributed by atoms with Gasteiger partial charge in [-0.3, -0.25) is 0 Å². The van der Waals surface area contributed by atoms with Crippen molar-refractivity contribution in [3.05, 3.63) is 77.4 Å². The van der Waals surface area contributed by atoms with Crippen molar-refractivity contribution in [2.24, 2.45) is 16.1 Å². The summed E-state index contributed by atoms with van der Waals surface area (Å²) in [5, 5.41) is 8.82. The molecule has 0 aromatic heterocycles. The zero-order chi connectivity index (χ0) is 15.8. The van der Waals surface area contributed by atoms with Gasteiger partial charge in [-0.2, -0.15) is 10.2 Å². The summed E-state index contributed by atoms with van der Waals surface area (Å²) >= 11 is 0. The van der Waals surface area contributed by atoms with E-state index in [-0.39, 0.29) is 6.04 Å². The maximum atomic E-state index is 4.43. The van der Waals surface area contributed by atoms with E-state index in [0.717, 1.165) is 12.1 Å². The molecule has 0 amide bonds. The van der Waals surface area contributed by atoms with Crippen molar-refractivity contribution in [3.8, 4) is 0 Å². The molecule has 0 N–H and O–H groups in total. The Morgan fingerprint density at radius 1 is 1.00 bits per heavy atom. The van der Waals surface area contributed by atoms with Crippen LogP contribution in [-0.2, 0) is 0 Å². The summed E-state index contributed by atoms with van der Waals surface area (Å²) < 4.78 is 0. The van der Waals surface area contributed by atoms with Crippen molar-refractivity contribution in [1.29, 1.82) is 0 Å². The summed E-state index contributed by atoms with van der Waals surface area (Å²) in [6.07, 6.45) is 5.58. The molecule has 0 fully saturated rings. The van der Waals surface area contributed by atoms with E-state index in [4.69, 9.17) is 0 Å². The Kier molecular flexibility index (Phi) is 3.45. The second-order valence-corrected chi connectivity index (χ2v) is 6.58. The van der Waals surface area contributed by atoms with Crippen LogP contribution < -0.4 is 0 Å². The maximum absolute atomic E-state index is 4.43. The lowest BCUT2D eigenvalue weighted by Gasteiger charge is -2.12. The number of azo groups is 1. The molecular formula is C21H20N2. The minimum absolute atomic E-state index is 0.217. The Morgan fingerprint density at radius 3 is 2.61 bits per heavy atom. The zero-order valence-corrected chi connectivity index (χ0v) is 13.5. The summed E-state index contributed by atoms with van der Waals surface area (Å²) in [7, 11) is 0. The lowest BCUT2D eigenvalue weighted by atomic mass is 9.94. The molecule has 0 radical (unpaired) electrons. The van der Waals surface area contributed by atoms with Crippen molar-refractivity contribution in [2.75, 3.05) is 0 Å². The van der Waals surface area contributed by atoms with Crippen molar-refractivity contribution >= 4 is 16.8 Å². The van der Waals surface area contributed by atoms with Crippen LogP contribution in [0, 0.1) is 5.92 Å². The lowest BCUT2D eigenvalue weighted by molar-refractivity contribution is 0.515. The summed E-state index contributed by atoms with van der Waals surface area (Å²) in [5.74, 6) is 0.489. The monoisotopic (exact) mass is 300 g/mol. The summed E-state index contributed by atoms with van der Waals surface area (Å²) in [6.45, 7) is 4.39. The predicted octanol–water partition coefficient (Wildman–Crippen LogP) is 6.35. The van der Waals surface area contributed by atoms with Crippen LogP contribution in [0.2, 0.25) is 0 Å². The van der Waals surface area contributed by atoms with E-state index in [1.807, 2.05) is 0 Å². The summed E-state index contributed by atoms with van der Waals surface area (Å²) in [4.78, 5) is 0. The third-order valence-electron chi connectivity index (χ3n) is 4.62. The smallest absolute Gasteiger partial charge is 0.101 e. The van der Waals surface area contributed by atoms with Gasteiger partial charge in [0.05, 0.1) is 5.69 Å². The molecule has 1 unspecified atom stereocenters. The quantitative estimate of drug-likeness (QED) is 0.630. The number of nitrogens with zero attached hydrogens (tertiary/aromatic N) is 2. The maximum Gasteiger partial charge on any atom is 0.101 e. The Bertz CT molecular complexity index is 826. The van der Waals surface area contributed by atoms with Crippen LogP contribution in [0.1, 0.15) is 43.0 Å². The third-order valence-corrected chi connectivity index (χ3v) is 4.62. The van der Waals surface area contributed by atoms with Gasteiger partial charge in [-0.05, 0) is 40.7 Å². The number of allylic oxidation sites excluding steroid dienone is 4. The van der Waals surface area contributed by atoms with Crippen LogP contribution >= 0.6 is 0 Å². The number of hydrogen-bond acceptors (Lipinski definition) is 2. The Balaban J connectivity index is 1.63. The van der Waals surface area contributed by atoms with Crippen LogP contribution in [0.4, 0.5) is 5.69 Å². The molecule has 1 heterocycles. The molecule has 23 heavy (non-hydrogen) atoms. The fourth-order valence-corrected chi connectivity index (χ4v) is 3.32. The molecule has 0 saturated heterocycles. The highest BCUT2D eigenvalue weighted by Gasteiger charge is 2.24. The zero-order valence-electron chi connectivity index (χ0n) is 13.5. The second-order valence-electron chi connectivity index (χ2n) is 6.58. The van der Waals surface area contributed by atoms with Gasteiger partial charge in [0.1, 0.15) is 6.04 Å². The van der Waals surface area contributed by atoms with Crippen molar-refractivity contribution in [2.45, 2.75) is 26.3 Å². The van der Waals surface area contributed by atoms with Gasteiger partial charge in [0.15, 0.2) is 0 Å². The van der Waals surface area contributed by atoms with E-state index in [1.54, 1.807) is 0 Å². The molecule has 0 spiro atoms. The third kappa shape index (κ3) is 2.55. The van der Waals surface area contributed by atoms with E-state index >= 15 is 0 Å².